The summed E-state index contributed by atoms with van der Waals surface area (Å²) in [5, 5.41) is 9.80. The molecule has 1 aromatic heterocycles. The average molecular weight is 337 g/mol. The van der Waals surface area contributed by atoms with E-state index in [1.54, 1.807) is 24.4 Å². The molecule has 0 saturated carbocycles. The molecule has 128 valence electrons. The zero-order valence-corrected chi connectivity index (χ0v) is 15.1. The molecular weight excluding hydrogens is 308 g/mol. The van der Waals surface area contributed by atoms with Crippen molar-refractivity contribution in [3.8, 4) is 0 Å². The van der Waals surface area contributed by atoms with Gasteiger partial charge in [-0.05, 0) is 36.8 Å². The fourth-order valence-corrected chi connectivity index (χ4v) is 3.09. The second kappa shape index (κ2) is 8.96. The lowest BCUT2D eigenvalue weighted by atomic mass is 9.77. The second-order valence-electron chi connectivity index (χ2n) is 6.76. The van der Waals surface area contributed by atoms with Gasteiger partial charge in [0.05, 0.1) is 10.7 Å². The van der Waals surface area contributed by atoms with Gasteiger partial charge in [-0.15, -0.1) is 0 Å². The van der Waals surface area contributed by atoms with Crippen molar-refractivity contribution in [2.75, 3.05) is 0 Å². The van der Waals surface area contributed by atoms with Crippen LogP contribution in [0.3, 0.4) is 0 Å². The fourth-order valence-electron chi connectivity index (χ4n) is 2.80. The van der Waals surface area contributed by atoms with Crippen LogP contribution in [0.2, 0.25) is 0 Å². The van der Waals surface area contributed by atoms with Gasteiger partial charge in [0, 0.05) is 6.20 Å². The molecule has 0 bridgehead atoms. The molecule has 0 saturated heterocycles. The third kappa shape index (κ3) is 5.27. The summed E-state index contributed by atoms with van der Waals surface area (Å²) in [5.41, 5.74) is 4.89. The number of hydrogen-bond acceptors (Lipinski definition) is 3. The molecule has 0 aliphatic carbocycles. The van der Waals surface area contributed by atoms with E-state index in [9.17, 15) is 9.90 Å². The Balaban J connectivity index is 2.83. The smallest absolute Gasteiger partial charge is 0.322 e. The molecule has 0 radical (unpaired) electrons. The summed E-state index contributed by atoms with van der Waals surface area (Å²) in [7, 11) is 0. The molecule has 1 heterocycles. The van der Waals surface area contributed by atoms with Crippen LogP contribution in [0.5, 0.6) is 0 Å². The van der Waals surface area contributed by atoms with Gasteiger partial charge in [-0.2, -0.15) is 0 Å². The first-order valence-corrected chi connectivity index (χ1v) is 8.66. The molecule has 5 heteroatoms. The van der Waals surface area contributed by atoms with Crippen molar-refractivity contribution < 1.29 is 9.90 Å². The van der Waals surface area contributed by atoms with Crippen molar-refractivity contribution in [1.29, 1.82) is 0 Å². The van der Waals surface area contributed by atoms with Crippen molar-refractivity contribution in [1.82, 2.24) is 4.98 Å². The van der Waals surface area contributed by atoms with Crippen molar-refractivity contribution in [3.63, 3.8) is 0 Å². The van der Waals surface area contributed by atoms with E-state index in [1.165, 1.54) is 6.42 Å². The summed E-state index contributed by atoms with van der Waals surface area (Å²) < 4.78 is 0. The van der Waals surface area contributed by atoms with Gasteiger partial charge in [-0.25, -0.2) is 0 Å². The van der Waals surface area contributed by atoms with Gasteiger partial charge in [0.25, 0.3) is 0 Å². The highest BCUT2D eigenvalue weighted by Gasteiger charge is 2.44. The Bertz CT molecular complexity index is 503. The maximum atomic E-state index is 12.0. The van der Waals surface area contributed by atoms with Crippen molar-refractivity contribution in [2.24, 2.45) is 17.6 Å². The van der Waals surface area contributed by atoms with Crippen molar-refractivity contribution >= 4 is 23.2 Å². The zero-order valence-electron chi connectivity index (χ0n) is 14.3. The highest BCUT2D eigenvalue weighted by molar-refractivity contribution is 7.80. The maximum absolute atomic E-state index is 12.0. The van der Waals surface area contributed by atoms with Gasteiger partial charge in [0.2, 0.25) is 0 Å². The van der Waals surface area contributed by atoms with E-state index in [0.717, 1.165) is 19.3 Å². The molecule has 1 rings (SSSR count). The summed E-state index contributed by atoms with van der Waals surface area (Å²) in [6, 6.07) is 5.21. The molecule has 0 aliphatic rings. The minimum absolute atomic E-state index is 0.0157. The van der Waals surface area contributed by atoms with Gasteiger partial charge in [0.1, 0.15) is 0 Å². The lowest BCUT2D eigenvalue weighted by molar-refractivity contribution is -0.141. The Kier molecular flexibility index (Phi) is 7.62. The quantitative estimate of drug-likeness (QED) is 0.633. The van der Waals surface area contributed by atoms with Crippen LogP contribution in [-0.2, 0) is 10.2 Å². The third-order valence-electron chi connectivity index (χ3n) is 4.38. The number of carboxylic acids is 1. The number of hydrogen-bond donors (Lipinski definition) is 2. The number of nitrogens with zero attached hydrogens (tertiary/aromatic N) is 1. The van der Waals surface area contributed by atoms with E-state index in [2.05, 4.69) is 25.8 Å². The van der Waals surface area contributed by atoms with Gasteiger partial charge >= 0.3 is 5.97 Å². The summed E-state index contributed by atoms with van der Waals surface area (Å²) in [4.78, 5) is 16.2. The van der Waals surface area contributed by atoms with E-state index in [0.29, 0.717) is 24.0 Å². The van der Waals surface area contributed by atoms with Crippen LogP contribution in [0.1, 0.15) is 58.6 Å². The number of carboxylic acid groups (broad SMARTS) is 1. The van der Waals surface area contributed by atoms with E-state index < -0.39 is 11.4 Å². The van der Waals surface area contributed by atoms with Gasteiger partial charge in [-0.1, -0.05) is 58.3 Å². The zero-order chi connectivity index (χ0) is 17.5. The molecule has 4 nitrogen and oxygen atoms in total. The normalized spacial score (nSPS) is 15.1. The number of thiocarbonyl (C=S) groups is 1. The van der Waals surface area contributed by atoms with Gasteiger partial charge in [0.15, 0.2) is 5.41 Å². The van der Waals surface area contributed by atoms with Crippen LogP contribution in [-0.4, -0.2) is 21.0 Å². The minimum atomic E-state index is -1.37. The van der Waals surface area contributed by atoms with E-state index >= 15 is 0 Å². The predicted molar refractivity (Wildman–Crippen MR) is 97.4 cm³/mol. The number of aromatic nitrogens is 1. The Labute approximate surface area is 144 Å². The molecule has 0 aliphatic heterocycles. The predicted octanol–water partition coefficient (Wildman–Crippen LogP) is 3.93. The van der Waals surface area contributed by atoms with Crippen LogP contribution >= 0.6 is 12.2 Å². The first-order valence-electron chi connectivity index (χ1n) is 8.25. The highest BCUT2D eigenvalue weighted by Crippen LogP contribution is 2.32. The molecule has 2 atom stereocenters. The lowest BCUT2D eigenvalue weighted by Gasteiger charge is -2.29. The van der Waals surface area contributed by atoms with E-state index in [4.69, 9.17) is 18.0 Å². The molecule has 3 N–H and O–H groups in total. The first-order chi connectivity index (χ1) is 10.8. The molecule has 0 amide bonds. The standard InChI is InChI=1S/C18H28N2O2S/c1-13(2)7-6-8-14(3)10-11-18(16(19)23,17(21)22)15-9-4-5-12-20-15/h4-5,9,12-14H,6-8,10-11H2,1-3H3,(H2,19,23)(H,21,22). The average Bonchev–Trinajstić information content (AvgIpc) is 2.48. The Morgan fingerprint density at radius 1 is 1.30 bits per heavy atom. The number of pyridine rings is 1. The SMILES string of the molecule is CC(C)CCCC(C)CCC(C(=O)O)(C(N)=S)c1ccccn1. The number of carbonyl (C=O) groups is 1. The van der Waals surface area contributed by atoms with E-state index in [-0.39, 0.29) is 4.99 Å². The third-order valence-corrected chi connectivity index (χ3v) is 4.73. The first kappa shape index (κ1) is 19.6. The fraction of sp³-hybridized carbons (Fsp3) is 0.611. The molecule has 1 aromatic rings. The minimum Gasteiger partial charge on any atom is -0.480 e. The van der Waals surface area contributed by atoms with Crippen molar-refractivity contribution in [3.05, 3.63) is 30.1 Å². The monoisotopic (exact) mass is 336 g/mol. The van der Waals surface area contributed by atoms with Crippen LogP contribution in [0.15, 0.2) is 24.4 Å². The lowest BCUT2D eigenvalue weighted by Crippen LogP contribution is -2.47. The van der Waals surface area contributed by atoms with Crippen LogP contribution in [0.4, 0.5) is 0 Å². The van der Waals surface area contributed by atoms with Gasteiger partial charge in [-0.3, -0.25) is 9.78 Å². The molecule has 2 unspecified atom stereocenters. The maximum Gasteiger partial charge on any atom is 0.322 e. The van der Waals surface area contributed by atoms with E-state index in [1.807, 2.05) is 0 Å². The topological polar surface area (TPSA) is 76.2 Å². The summed E-state index contributed by atoms with van der Waals surface area (Å²) in [6.07, 6.45) is 6.18. The largest absolute Gasteiger partial charge is 0.480 e. The molecule has 0 spiro atoms. The Hall–Kier alpha value is -1.49. The van der Waals surface area contributed by atoms with Crippen molar-refractivity contribution in [2.45, 2.75) is 58.3 Å². The number of aliphatic carboxylic acids is 1. The summed E-state index contributed by atoms with van der Waals surface area (Å²) in [6.45, 7) is 6.59. The van der Waals surface area contributed by atoms with Crippen LogP contribution in [0, 0.1) is 11.8 Å². The summed E-state index contributed by atoms with van der Waals surface area (Å²) >= 11 is 5.12. The highest BCUT2D eigenvalue weighted by atomic mass is 32.1. The van der Waals surface area contributed by atoms with Crippen LogP contribution < -0.4 is 5.73 Å². The number of nitrogens with two attached hydrogens (primary N) is 1. The molecule has 23 heavy (non-hydrogen) atoms. The summed E-state index contributed by atoms with van der Waals surface area (Å²) in [5.74, 6) is 0.120. The van der Waals surface area contributed by atoms with Gasteiger partial charge < -0.3 is 10.8 Å². The molecular formula is C18H28N2O2S. The number of rotatable bonds is 10. The Morgan fingerprint density at radius 2 is 2.00 bits per heavy atom. The second-order valence-corrected chi connectivity index (χ2v) is 7.20. The Morgan fingerprint density at radius 3 is 2.48 bits per heavy atom. The van der Waals surface area contributed by atoms with Crippen LogP contribution in [0.25, 0.3) is 0 Å². The molecule has 0 fully saturated rings. The molecule has 0 aromatic carbocycles.